The Morgan fingerprint density at radius 2 is 2.27 bits per heavy atom. The Balaban J connectivity index is 2.70. The Morgan fingerprint density at radius 1 is 1.53 bits per heavy atom. The van der Waals surface area contributed by atoms with Crippen LogP contribution in [0.25, 0.3) is 0 Å². The molecule has 0 fully saturated rings. The summed E-state index contributed by atoms with van der Waals surface area (Å²) in [7, 11) is 0. The Kier molecular flexibility index (Phi) is 4.50. The van der Waals surface area contributed by atoms with Gasteiger partial charge in [-0.3, -0.25) is 0 Å². The summed E-state index contributed by atoms with van der Waals surface area (Å²) in [6, 6.07) is 2.15. The normalized spacial score (nSPS) is 10.3. The molecule has 0 saturated heterocycles. The van der Waals surface area contributed by atoms with Crippen molar-refractivity contribution in [3.05, 3.63) is 5.82 Å². The first kappa shape index (κ1) is 11.9. The maximum Gasteiger partial charge on any atom is 0.205 e. The van der Waals surface area contributed by atoms with Crippen LogP contribution in [0.3, 0.4) is 0 Å². The fourth-order valence-electron chi connectivity index (χ4n) is 1.16. The van der Waals surface area contributed by atoms with E-state index in [4.69, 9.17) is 5.26 Å². The molecule has 0 bridgehead atoms. The third-order valence-electron chi connectivity index (χ3n) is 2.09. The average Bonchev–Trinajstić information content (AvgIpc) is 2.68. The highest BCUT2D eigenvalue weighted by Gasteiger charge is 2.12. The Bertz CT molecular complexity index is 339. The minimum atomic E-state index is 0.365. The van der Waals surface area contributed by atoms with Gasteiger partial charge in [-0.25, -0.2) is 4.98 Å². The van der Waals surface area contributed by atoms with Crippen LogP contribution in [0.15, 0.2) is 0 Å². The second-order valence-electron chi connectivity index (χ2n) is 3.58. The molecule has 0 N–H and O–H groups in total. The molecule has 5 heteroatoms. The van der Waals surface area contributed by atoms with Gasteiger partial charge in [0.15, 0.2) is 0 Å². The van der Waals surface area contributed by atoms with E-state index in [0.29, 0.717) is 12.3 Å². The second-order valence-corrected chi connectivity index (χ2v) is 4.31. The minimum Gasteiger partial charge on any atom is -0.346 e. The van der Waals surface area contributed by atoms with Crippen LogP contribution in [0, 0.1) is 11.3 Å². The number of nitrogens with zero attached hydrogens (tertiary/aromatic N) is 4. The highest BCUT2D eigenvalue weighted by Crippen LogP contribution is 2.21. The predicted molar refractivity (Wildman–Crippen MR) is 62.1 cm³/mol. The maximum absolute atomic E-state index is 8.54. The van der Waals surface area contributed by atoms with E-state index in [9.17, 15) is 0 Å². The molecule has 0 aliphatic rings. The van der Waals surface area contributed by atoms with Crippen molar-refractivity contribution in [2.24, 2.45) is 0 Å². The van der Waals surface area contributed by atoms with Crippen LogP contribution in [0.5, 0.6) is 0 Å². The summed E-state index contributed by atoms with van der Waals surface area (Å²) in [5.74, 6) is 1.26. The van der Waals surface area contributed by atoms with Crippen molar-refractivity contribution >= 4 is 16.7 Å². The van der Waals surface area contributed by atoms with Crippen molar-refractivity contribution in [1.82, 2.24) is 9.36 Å². The largest absolute Gasteiger partial charge is 0.346 e. The third-order valence-corrected chi connectivity index (χ3v) is 2.88. The molecule has 82 valence electrons. The molecule has 0 aromatic carbocycles. The molecule has 0 amide bonds. The highest BCUT2D eigenvalue weighted by molar-refractivity contribution is 7.09. The molecule has 0 saturated carbocycles. The van der Waals surface area contributed by atoms with Gasteiger partial charge in [0.25, 0.3) is 0 Å². The van der Waals surface area contributed by atoms with E-state index in [1.807, 2.05) is 0 Å². The van der Waals surface area contributed by atoms with Crippen molar-refractivity contribution in [3.8, 4) is 6.07 Å². The van der Waals surface area contributed by atoms with Gasteiger partial charge in [0.05, 0.1) is 12.5 Å². The molecule has 0 atom stereocenters. The van der Waals surface area contributed by atoms with E-state index >= 15 is 0 Å². The van der Waals surface area contributed by atoms with Crippen molar-refractivity contribution in [1.29, 1.82) is 5.26 Å². The van der Waals surface area contributed by atoms with E-state index in [1.165, 1.54) is 11.5 Å². The Hall–Kier alpha value is -1.15. The van der Waals surface area contributed by atoms with Crippen LogP contribution < -0.4 is 4.90 Å². The van der Waals surface area contributed by atoms with Gasteiger partial charge in [-0.05, 0) is 6.92 Å². The van der Waals surface area contributed by atoms with Gasteiger partial charge >= 0.3 is 0 Å². The van der Waals surface area contributed by atoms with Gasteiger partial charge in [-0.1, -0.05) is 13.8 Å². The standard InChI is InChI=1S/C10H16N4S/c1-4-14(7-5-6-11)10-12-9(8(2)3)13-15-10/h8H,4-5,7H2,1-3H3. The van der Waals surface area contributed by atoms with Crippen LogP contribution in [-0.4, -0.2) is 22.4 Å². The third kappa shape index (κ3) is 3.17. The fraction of sp³-hybridized carbons (Fsp3) is 0.700. The second kappa shape index (κ2) is 5.66. The van der Waals surface area contributed by atoms with E-state index in [2.05, 4.69) is 41.1 Å². The van der Waals surface area contributed by atoms with Gasteiger partial charge in [-0.15, -0.1) is 0 Å². The van der Waals surface area contributed by atoms with Gasteiger partial charge in [0.1, 0.15) is 5.82 Å². The number of hydrogen-bond donors (Lipinski definition) is 0. The molecule has 0 unspecified atom stereocenters. The van der Waals surface area contributed by atoms with Crippen LogP contribution in [0.2, 0.25) is 0 Å². The summed E-state index contributed by atoms with van der Waals surface area (Å²) in [6.07, 6.45) is 0.532. The summed E-state index contributed by atoms with van der Waals surface area (Å²) in [4.78, 5) is 6.55. The van der Waals surface area contributed by atoms with Crippen molar-refractivity contribution in [2.45, 2.75) is 33.1 Å². The first-order chi connectivity index (χ1) is 7.19. The lowest BCUT2D eigenvalue weighted by Crippen LogP contribution is -2.23. The minimum absolute atomic E-state index is 0.365. The maximum atomic E-state index is 8.54. The summed E-state index contributed by atoms with van der Waals surface area (Å²) in [6.45, 7) is 7.83. The summed E-state index contributed by atoms with van der Waals surface area (Å²) < 4.78 is 4.30. The van der Waals surface area contributed by atoms with Gasteiger partial charge < -0.3 is 4.90 Å². The smallest absolute Gasteiger partial charge is 0.205 e. The molecule has 0 spiro atoms. The fourth-order valence-corrected chi connectivity index (χ4v) is 2.06. The average molecular weight is 224 g/mol. The number of aromatic nitrogens is 2. The first-order valence-corrected chi connectivity index (χ1v) is 5.91. The van der Waals surface area contributed by atoms with Crippen molar-refractivity contribution in [2.75, 3.05) is 18.0 Å². The molecule has 1 heterocycles. The molecule has 4 nitrogen and oxygen atoms in total. The van der Waals surface area contributed by atoms with Crippen molar-refractivity contribution < 1.29 is 0 Å². The van der Waals surface area contributed by atoms with Gasteiger partial charge in [0.2, 0.25) is 5.13 Å². The predicted octanol–water partition coefficient (Wildman–Crippen LogP) is 2.40. The zero-order valence-corrected chi connectivity index (χ0v) is 10.2. The molecule has 0 radical (unpaired) electrons. The van der Waals surface area contributed by atoms with Crippen LogP contribution >= 0.6 is 11.5 Å². The SMILES string of the molecule is CCN(CCC#N)c1nc(C(C)C)ns1. The van der Waals surface area contributed by atoms with Crippen LogP contribution in [0.1, 0.15) is 38.9 Å². The van der Waals surface area contributed by atoms with E-state index < -0.39 is 0 Å². The van der Waals surface area contributed by atoms with E-state index in [1.54, 1.807) is 0 Å². The molecule has 1 aromatic heterocycles. The molecule has 0 aliphatic heterocycles. The lowest BCUT2D eigenvalue weighted by atomic mass is 10.2. The molecular weight excluding hydrogens is 208 g/mol. The summed E-state index contributed by atoms with van der Waals surface area (Å²) in [5, 5.41) is 9.47. The summed E-state index contributed by atoms with van der Waals surface area (Å²) in [5.41, 5.74) is 0. The number of anilines is 1. The summed E-state index contributed by atoms with van der Waals surface area (Å²) >= 11 is 1.42. The lowest BCUT2D eigenvalue weighted by molar-refractivity contribution is 0.779. The zero-order chi connectivity index (χ0) is 11.3. The van der Waals surface area contributed by atoms with Gasteiger partial charge in [-0.2, -0.15) is 9.64 Å². The quantitative estimate of drug-likeness (QED) is 0.770. The van der Waals surface area contributed by atoms with E-state index in [0.717, 1.165) is 24.0 Å². The van der Waals surface area contributed by atoms with Crippen molar-refractivity contribution in [3.63, 3.8) is 0 Å². The molecule has 15 heavy (non-hydrogen) atoms. The molecule has 0 aliphatic carbocycles. The number of nitriles is 1. The number of rotatable bonds is 5. The molecule has 1 aromatic rings. The van der Waals surface area contributed by atoms with E-state index in [-0.39, 0.29) is 0 Å². The topological polar surface area (TPSA) is 52.8 Å². The number of hydrogen-bond acceptors (Lipinski definition) is 5. The highest BCUT2D eigenvalue weighted by atomic mass is 32.1. The monoisotopic (exact) mass is 224 g/mol. The lowest BCUT2D eigenvalue weighted by Gasteiger charge is -2.16. The Morgan fingerprint density at radius 3 is 2.73 bits per heavy atom. The van der Waals surface area contributed by atoms with Crippen LogP contribution in [-0.2, 0) is 0 Å². The molecular formula is C10H16N4S. The first-order valence-electron chi connectivity index (χ1n) is 5.14. The van der Waals surface area contributed by atoms with Crippen LogP contribution in [0.4, 0.5) is 5.13 Å². The van der Waals surface area contributed by atoms with Gasteiger partial charge in [0, 0.05) is 30.5 Å². The molecule has 1 rings (SSSR count). The Labute approximate surface area is 94.7 Å². The zero-order valence-electron chi connectivity index (χ0n) is 9.40.